The lowest BCUT2D eigenvalue weighted by Gasteiger charge is -2.19. The largest absolute Gasteiger partial charge is 0.366 e. The summed E-state index contributed by atoms with van der Waals surface area (Å²) in [6, 6.07) is 89.0. The van der Waals surface area contributed by atoms with Gasteiger partial charge in [-0.3, -0.25) is 0 Å². The van der Waals surface area contributed by atoms with Crippen LogP contribution in [0.3, 0.4) is 0 Å². The average Bonchev–Trinajstić information content (AvgIpc) is 3.40. The molecule has 11 aromatic rings. The molecule has 0 aliphatic heterocycles. The summed E-state index contributed by atoms with van der Waals surface area (Å²) in [5, 5.41) is 14.9. The van der Waals surface area contributed by atoms with E-state index in [1.807, 2.05) is 18.2 Å². The molecule has 320 valence electrons. The molecule has 0 saturated heterocycles. The third-order valence-electron chi connectivity index (χ3n) is 13.0. The number of allylic oxidation sites excluding steroid dienone is 1. The zero-order chi connectivity index (χ0) is 44.9. The summed E-state index contributed by atoms with van der Waals surface area (Å²) in [4.78, 5) is 0. The van der Waals surface area contributed by atoms with Crippen LogP contribution in [0, 0.1) is 0 Å². The molecule has 0 fully saturated rings. The van der Waals surface area contributed by atoms with Crippen molar-refractivity contribution in [3.8, 4) is 44.5 Å². The molecule has 1 unspecified atom stereocenters. The van der Waals surface area contributed by atoms with Crippen molar-refractivity contribution < 1.29 is 0 Å². The predicted molar refractivity (Wildman–Crippen MR) is 285 cm³/mol. The second kappa shape index (κ2) is 18.5. The van der Waals surface area contributed by atoms with E-state index in [9.17, 15) is 0 Å². The van der Waals surface area contributed by atoms with Gasteiger partial charge in [-0.25, -0.2) is 0 Å². The van der Waals surface area contributed by atoms with Crippen molar-refractivity contribution in [1.29, 1.82) is 0 Å². The van der Waals surface area contributed by atoms with Gasteiger partial charge in [-0.1, -0.05) is 224 Å². The zero-order valence-corrected chi connectivity index (χ0v) is 37.1. The van der Waals surface area contributed by atoms with Crippen LogP contribution >= 0.6 is 0 Å². The van der Waals surface area contributed by atoms with Crippen molar-refractivity contribution in [2.24, 2.45) is 5.73 Å². The highest BCUT2D eigenvalue weighted by molar-refractivity contribution is 6.00. The van der Waals surface area contributed by atoms with E-state index in [2.05, 4.69) is 247 Å². The number of fused-ring (bicyclic) bond motifs is 3. The maximum absolute atomic E-state index is 6.77. The normalized spacial score (nSPS) is 12.0. The van der Waals surface area contributed by atoms with Crippen LogP contribution in [0.25, 0.3) is 82.5 Å². The topological polar surface area (TPSA) is 50.1 Å². The Hall–Kier alpha value is -8.50. The van der Waals surface area contributed by atoms with Crippen LogP contribution < -0.4 is 16.4 Å². The van der Waals surface area contributed by atoms with Crippen molar-refractivity contribution >= 4 is 49.4 Å². The van der Waals surface area contributed by atoms with Crippen molar-refractivity contribution in [2.75, 3.05) is 5.32 Å². The molecule has 0 heterocycles. The van der Waals surface area contributed by atoms with Crippen LogP contribution in [0.2, 0.25) is 0 Å². The maximum Gasteiger partial charge on any atom is 0.101 e. The molecule has 0 spiro atoms. The van der Waals surface area contributed by atoms with E-state index in [0.29, 0.717) is 0 Å². The van der Waals surface area contributed by atoms with Crippen LogP contribution in [0.15, 0.2) is 255 Å². The van der Waals surface area contributed by atoms with E-state index in [4.69, 9.17) is 5.73 Å². The minimum Gasteiger partial charge on any atom is -0.366 e. The van der Waals surface area contributed by atoms with Gasteiger partial charge in [0, 0.05) is 22.6 Å². The van der Waals surface area contributed by atoms with Gasteiger partial charge in [0.1, 0.15) is 6.17 Å². The fourth-order valence-corrected chi connectivity index (χ4v) is 9.47. The Kier molecular flexibility index (Phi) is 11.4. The Morgan fingerprint density at radius 1 is 0.403 bits per heavy atom. The van der Waals surface area contributed by atoms with E-state index >= 15 is 0 Å². The molecule has 0 bridgehead atoms. The van der Waals surface area contributed by atoms with Gasteiger partial charge in [-0.05, 0) is 125 Å². The molecule has 3 nitrogen and oxygen atoms in total. The van der Waals surface area contributed by atoms with Crippen LogP contribution in [0.1, 0.15) is 22.9 Å². The molecule has 3 heteroatoms. The number of nitrogens with one attached hydrogen (secondary N) is 2. The first-order valence-corrected chi connectivity index (χ1v) is 23.0. The van der Waals surface area contributed by atoms with E-state index in [1.165, 1.54) is 60.1 Å². The first-order chi connectivity index (χ1) is 33.1. The van der Waals surface area contributed by atoms with Gasteiger partial charge in [0.2, 0.25) is 0 Å². The van der Waals surface area contributed by atoms with Crippen molar-refractivity contribution in [3.63, 3.8) is 0 Å². The summed E-state index contributed by atoms with van der Waals surface area (Å²) in [7, 11) is 0. The molecule has 0 aromatic heterocycles. The zero-order valence-electron chi connectivity index (χ0n) is 37.1. The Morgan fingerprint density at radius 2 is 0.896 bits per heavy atom. The molecule has 0 saturated carbocycles. The molecule has 1 atom stereocenters. The highest BCUT2D eigenvalue weighted by Gasteiger charge is 2.14. The third kappa shape index (κ3) is 8.72. The second-order valence-corrected chi connectivity index (χ2v) is 17.2. The minimum atomic E-state index is -0.359. The molecule has 0 radical (unpaired) electrons. The standard InChI is InChI=1S/C64H49N3/c65-64(51-17-2-1-3-18-51)67-62(40-36-49-20-10-19-46-14-4-7-25-56(46)49)50-32-30-44(31-33-50)45-34-38-55(39-35-45)66-63-41-37-54(60-29-13-22-48-16-6-9-27-58(48)60)43-61(63)53-24-11-23-52(42-53)59-28-12-21-47-15-5-8-26-57(47)59/h1-35,37-43,64,66-67H,36,65H2/b62-40-. The number of hydrogen-bond donors (Lipinski definition) is 3. The summed E-state index contributed by atoms with van der Waals surface area (Å²) in [5.74, 6) is 0. The lowest BCUT2D eigenvalue weighted by atomic mass is 9.92. The van der Waals surface area contributed by atoms with E-state index in [1.54, 1.807) is 0 Å². The van der Waals surface area contributed by atoms with Crippen LogP contribution in [-0.2, 0) is 6.42 Å². The van der Waals surface area contributed by atoms with Crippen LogP contribution in [0.4, 0.5) is 11.4 Å². The number of anilines is 2. The summed E-state index contributed by atoms with van der Waals surface area (Å²) in [5.41, 5.74) is 22.6. The molecular weight excluding hydrogens is 811 g/mol. The van der Waals surface area contributed by atoms with E-state index in [-0.39, 0.29) is 6.17 Å². The molecule has 11 aromatic carbocycles. The van der Waals surface area contributed by atoms with E-state index < -0.39 is 0 Å². The number of rotatable bonds is 12. The fourth-order valence-electron chi connectivity index (χ4n) is 9.47. The van der Waals surface area contributed by atoms with Gasteiger partial charge in [0.05, 0.1) is 0 Å². The summed E-state index contributed by atoms with van der Waals surface area (Å²) >= 11 is 0. The smallest absolute Gasteiger partial charge is 0.101 e. The lowest BCUT2D eigenvalue weighted by molar-refractivity contribution is 0.666. The Labute approximate surface area is 392 Å². The Morgan fingerprint density at radius 3 is 1.55 bits per heavy atom. The van der Waals surface area contributed by atoms with Crippen molar-refractivity contribution in [2.45, 2.75) is 12.6 Å². The van der Waals surface area contributed by atoms with Gasteiger partial charge < -0.3 is 16.4 Å². The van der Waals surface area contributed by atoms with Crippen molar-refractivity contribution in [1.82, 2.24) is 5.32 Å². The number of hydrogen-bond acceptors (Lipinski definition) is 3. The van der Waals surface area contributed by atoms with Crippen molar-refractivity contribution in [3.05, 3.63) is 271 Å². The Balaban J connectivity index is 0.898. The molecule has 0 amide bonds. The molecule has 11 rings (SSSR count). The average molecular weight is 860 g/mol. The maximum atomic E-state index is 6.77. The van der Waals surface area contributed by atoms with Crippen LogP contribution in [0.5, 0.6) is 0 Å². The monoisotopic (exact) mass is 859 g/mol. The lowest BCUT2D eigenvalue weighted by Crippen LogP contribution is -2.27. The second-order valence-electron chi connectivity index (χ2n) is 17.2. The van der Waals surface area contributed by atoms with Gasteiger partial charge in [0.25, 0.3) is 0 Å². The van der Waals surface area contributed by atoms with Gasteiger partial charge in [0.15, 0.2) is 0 Å². The molecule has 0 aliphatic rings. The molecule has 67 heavy (non-hydrogen) atoms. The first kappa shape index (κ1) is 41.2. The molecule has 4 N–H and O–H groups in total. The van der Waals surface area contributed by atoms with Gasteiger partial charge in [-0.2, -0.15) is 0 Å². The van der Waals surface area contributed by atoms with Gasteiger partial charge in [-0.15, -0.1) is 0 Å². The molecular formula is C64H49N3. The highest BCUT2D eigenvalue weighted by atomic mass is 15.0. The van der Waals surface area contributed by atoms with E-state index in [0.717, 1.165) is 56.9 Å². The first-order valence-electron chi connectivity index (χ1n) is 23.0. The summed E-state index contributed by atoms with van der Waals surface area (Å²) < 4.78 is 0. The number of nitrogens with two attached hydrogens (primary N) is 1. The molecule has 0 aliphatic carbocycles. The minimum absolute atomic E-state index is 0.359. The SMILES string of the molecule is NC(N/C(=C\Cc1cccc2ccccc12)c1ccc(-c2ccc(Nc3ccc(-c4cccc5ccccc45)cc3-c3cccc(-c4cccc5ccccc45)c3)cc2)cc1)c1ccccc1. The third-order valence-corrected chi connectivity index (χ3v) is 13.0. The van der Waals surface area contributed by atoms with Gasteiger partial charge >= 0.3 is 0 Å². The Bertz CT molecular complexity index is 3540. The summed E-state index contributed by atoms with van der Waals surface area (Å²) in [6.07, 6.45) is 2.68. The fraction of sp³-hybridized carbons (Fsp3) is 0.0312. The highest BCUT2D eigenvalue weighted by Crippen LogP contribution is 2.39. The van der Waals surface area contributed by atoms with Crippen LogP contribution in [-0.4, -0.2) is 0 Å². The number of benzene rings is 11. The predicted octanol–water partition coefficient (Wildman–Crippen LogP) is 16.4. The quantitative estimate of drug-likeness (QED) is 0.107. The summed E-state index contributed by atoms with van der Waals surface area (Å²) in [6.45, 7) is 0.